The highest BCUT2D eigenvalue weighted by atomic mass is 32.2. The van der Waals surface area contributed by atoms with E-state index < -0.39 is 27.8 Å². The molecule has 1 aliphatic rings. The van der Waals surface area contributed by atoms with E-state index >= 15 is 0 Å². The first kappa shape index (κ1) is 22.8. The first-order chi connectivity index (χ1) is 15.6. The maximum atomic E-state index is 13.7. The number of aryl methyl sites for hydroxylation is 1. The number of alkyl halides is 3. The molecule has 0 spiro atoms. The zero-order valence-corrected chi connectivity index (χ0v) is 18.6. The van der Waals surface area contributed by atoms with Gasteiger partial charge in [-0.3, -0.25) is 4.99 Å². The van der Waals surface area contributed by atoms with Crippen molar-refractivity contribution in [3.05, 3.63) is 108 Å². The molecule has 0 N–H and O–H groups in total. The van der Waals surface area contributed by atoms with Crippen molar-refractivity contribution in [3.63, 3.8) is 0 Å². The van der Waals surface area contributed by atoms with Crippen LogP contribution in [0.4, 0.5) is 13.2 Å². The quantitative estimate of drug-likeness (QED) is 0.491. The summed E-state index contributed by atoms with van der Waals surface area (Å²) in [6.07, 6.45) is -4.49. The Hall–Kier alpha value is -3.39. The van der Waals surface area contributed by atoms with Gasteiger partial charge < -0.3 is 0 Å². The van der Waals surface area contributed by atoms with Gasteiger partial charge in [-0.1, -0.05) is 66.7 Å². The van der Waals surface area contributed by atoms with Crippen molar-refractivity contribution in [1.29, 1.82) is 0 Å². The molecule has 0 aliphatic carbocycles. The number of amidine groups is 1. The van der Waals surface area contributed by atoms with Gasteiger partial charge in [0, 0.05) is 5.56 Å². The lowest BCUT2D eigenvalue weighted by Crippen LogP contribution is -2.42. The minimum absolute atomic E-state index is 0.0699. The van der Waals surface area contributed by atoms with Crippen LogP contribution in [0, 0.1) is 6.92 Å². The molecule has 33 heavy (non-hydrogen) atoms. The van der Waals surface area contributed by atoms with Crippen LogP contribution in [0.5, 0.6) is 0 Å². The fourth-order valence-electron chi connectivity index (χ4n) is 3.69. The van der Waals surface area contributed by atoms with Crippen molar-refractivity contribution in [2.24, 2.45) is 4.99 Å². The Kier molecular flexibility index (Phi) is 5.88. The van der Waals surface area contributed by atoms with Crippen LogP contribution >= 0.6 is 0 Å². The van der Waals surface area contributed by atoms with Crippen molar-refractivity contribution in [2.45, 2.75) is 24.0 Å². The summed E-state index contributed by atoms with van der Waals surface area (Å²) < 4.78 is 67.7. The molecule has 3 aromatic rings. The van der Waals surface area contributed by atoms with Crippen molar-refractivity contribution < 1.29 is 21.6 Å². The Morgan fingerprint density at radius 2 is 1.58 bits per heavy atom. The Balaban J connectivity index is 1.79. The van der Waals surface area contributed by atoms with Gasteiger partial charge in [0.15, 0.2) is 0 Å². The van der Waals surface area contributed by atoms with Gasteiger partial charge in [0.05, 0.1) is 23.0 Å². The number of sulfonamides is 1. The minimum atomic E-state index is -4.49. The van der Waals surface area contributed by atoms with Crippen LogP contribution in [-0.2, 0) is 16.2 Å². The fourth-order valence-corrected chi connectivity index (χ4v) is 5.32. The Morgan fingerprint density at radius 1 is 0.970 bits per heavy atom. The number of halogens is 3. The lowest BCUT2D eigenvalue weighted by Gasteiger charge is -2.29. The third-order valence-corrected chi connectivity index (χ3v) is 7.31. The largest absolute Gasteiger partial charge is 0.416 e. The van der Waals surface area contributed by atoms with E-state index in [-0.39, 0.29) is 22.8 Å². The predicted octanol–water partition coefficient (Wildman–Crippen LogP) is 5.55. The molecule has 0 amide bonds. The van der Waals surface area contributed by atoms with Crippen LogP contribution in [0.15, 0.2) is 95.3 Å². The molecular weight excluding hydrogens is 449 g/mol. The number of hydrogen-bond acceptors (Lipinski definition) is 3. The second-order valence-corrected chi connectivity index (χ2v) is 9.58. The summed E-state index contributed by atoms with van der Waals surface area (Å²) in [6, 6.07) is 19.2. The predicted molar refractivity (Wildman–Crippen MR) is 122 cm³/mol. The standard InChI is InChI=1S/C25H21F3N2O2S/c1-17-8-14-22(15-9-17)33(31,32)30-23(18(2)19-6-4-3-5-7-19)16-29-24(30)20-10-12-21(13-11-20)25(26,27)28/h3-15,23H,2,16H2,1H3. The summed E-state index contributed by atoms with van der Waals surface area (Å²) >= 11 is 0. The van der Waals surface area contributed by atoms with Gasteiger partial charge in [-0.15, -0.1) is 0 Å². The molecule has 4 rings (SSSR count). The van der Waals surface area contributed by atoms with E-state index in [0.717, 1.165) is 23.3 Å². The van der Waals surface area contributed by atoms with Gasteiger partial charge in [-0.25, -0.2) is 12.7 Å². The molecule has 0 aromatic heterocycles. The number of rotatable bonds is 5. The highest BCUT2D eigenvalue weighted by Gasteiger charge is 2.40. The van der Waals surface area contributed by atoms with Crippen LogP contribution in [0.25, 0.3) is 5.57 Å². The fraction of sp³-hybridized carbons (Fsp3) is 0.160. The first-order valence-corrected chi connectivity index (χ1v) is 11.6. The molecular formula is C25H21F3N2O2S. The second-order valence-electron chi connectivity index (χ2n) is 7.76. The highest BCUT2D eigenvalue weighted by Crippen LogP contribution is 2.34. The van der Waals surface area contributed by atoms with Crippen LogP contribution in [0.3, 0.4) is 0 Å². The van der Waals surface area contributed by atoms with Crippen molar-refractivity contribution in [1.82, 2.24) is 4.31 Å². The van der Waals surface area contributed by atoms with Gasteiger partial charge in [0.25, 0.3) is 10.0 Å². The van der Waals surface area contributed by atoms with E-state index in [2.05, 4.69) is 11.6 Å². The topological polar surface area (TPSA) is 49.7 Å². The average molecular weight is 471 g/mol. The van der Waals surface area contributed by atoms with Crippen LogP contribution in [0.2, 0.25) is 0 Å². The zero-order valence-electron chi connectivity index (χ0n) is 17.8. The van der Waals surface area contributed by atoms with Gasteiger partial charge >= 0.3 is 6.18 Å². The molecule has 1 atom stereocenters. The van der Waals surface area contributed by atoms with Crippen molar-refractivity contribution in [2.75, 3.05) is 6.54 Å². The molecule has 1 aliphatic heterocycles. The van der Waals surface area contributed by atoms with E-state index in [1.54, 1.807) is 12.1 Å². The highest BCUT2D eigenvalue weighted by molar-refractivity contribution is 7.89. The van der Waals surface area contributed by atoms with E-state index in [1.165, 1.54) is 28.6 Å². The third kappa shape index (κ3) is 4.43. The van der Waals surface area contributed by atoms with Crippen LogP contribution < -0.4 is 0 Å². The smallest absolute Gasteiger partial charge is 0.265 e. The third-order valence-electron chi connectivity index (χ3n) is 5.50. The Bertz CT molecular complexity index is 1300. The lowest BCUT2D eigenvalue weighted by atomic mass is 10.0. The normalized spacial score (nSPS) is 16.5. The van der Waals surface area contributed by atoms with Gasteiger partial charge in [-0.05, 0) is 42.3 Å². The minimum Gasteiger partial charge on any atom is -0.265 e. The van der Waals surface area contributed by atoms with E-state index in [1.807, 2.05) is 37.3 Å². The molecule has 0 radical (unpaired) electrons. The SMILES string of the molecule is C=C(c1ccccc1)C1CN=C(c2ccc(C(F)(F)F)cc2)N1S(=O)(=O)c1ccc(C)cc1. The summed E-state index contributed by atoms with van der Waals surface area (Å²) in [5.41, 5.74) is 1.68. The lowest BCUT2D eigenvalue weighted by molar-refractivity contribution is -0.137. The summed E-state index contributed by atoms with van der Waals surface area (Å²) in [5.74, 6) is 0.0892. The average Bonchev–Trinajstić information content (AvgIpc) is 3.25. The number of hydrogen-bond donors (Lipinski definition) is 0. The van der Waals surface area contributed by atoms with Gasteiger partial charge in [0.1, 0.15) is 5.84 Å². The monoisotopic (exact) mass is 470 g/mol. The van der Waals surface area contributed by atoms with Crippen LogP contribution in [0.1, 0.15) is 22.3 Å². The molecule has 1 heterocycles. The Labute approximate surface area is 190 Å². The summed E-state index contributed by atoms with van der Waals surface area (Å²) in [4.78, 5) is 4.51. The van der Waals surface area contributed by atoms with E-state index in [0.29, 0.717) is 5.57 Å². The molecule has 0 fully saturated rings. The van der Waals surface area contributed by atoms with E-state index in [9.17, 15) is 21.6 Å². The molecule has 8 heteroatoms. The number of benzene rings is 3. The van der Waals surface area contributed by atoms with Crippen molar-refractivity contribution in [3.8, 4) is 0 Å². The summed E-state index contributed by atoms with van der Waals surface area (Å²) in [5, 5.41) is 0. The second kappa shape index (κ2) is 8.51. The molecule has 170 valence electrons. The molecule has 4 nitrogen and oxygen atoms in total. The summed E-state index contributed by atoms with van der Waals surface area (Å²) in [7, 11) is -4.07. The number of aliphatic imine (C=N–C) groups is 1. The van der Waals surface area contributed by atoms with Crippen LogP contribution in [-0.4, -0.2) is 31.1 Å². The number of nitrogens with zero attached hydrogens (tertiary/aromatic N) is 2. The molecule has 1 unspecified atom stereocenters. The zero-order chi connectivity index (χ0) is 23.8. The maximum Gasteiger partial charge on any atom is 0.416 e. The maximum absolute atomic E-state index is 13.7. The van der Waals surface area contributed by atoms with E-state index in [4.69, 9.17) is 0 Å². The van der Waals surface area contributed by atoms with Gasteiger partial charge in [0.2, 0.25) is 0 Å². The first-order valence-electron chi connectivity index (χ1n) is 10.2. The molecule has 0 saturated carbocycles. The van der Waals surface area contributed by atoms with Crippen molar-refractivity contribution >= 4 is 21.4 Å². The Morgan fingerprint density at radius 3 is 2.15 bits per heavy atom. The molecule has 0 bridgehead atoms. The summed E-state index contributed by atoms with van der Waals surface area (Å²) in [6.45, 7) is 6.08. The molecule has 0 saturated heterocycles. The molecule has 3 aromatic carbocycles. The van der Waals surface area contributed by atoms with Gasteiger partial charge in [-0.2, -0.15) is 13.2 Å².